The highest BCUT2D eigenvalue weighted by atomic mass is 32.2. The van der Waals surface area contributed by atoms with Crippen LogP contribution in [0, 0.1) is 0 Å². The summed E-state index contributed by atoms with van der Waals surface area (Å²) in [6, 6.07) is 0.170. The van der Waals surface area contributed by atoms with Gasteiger partial charge in [0.25, 0.3) is 0 Å². The Morgan fingerprint density at radius 2 is 2.04 bits per heavy atom. The predicted molar refractivity (Wildman–Crippen MR) is 90.5 cm³/mol. The molecule has 1 aromatic rings. The number of ether oxygens (including phenoxy) is 1. The molecule has 0 bridgehead atoms. The number of aliphatic hydroxyl groups excluding tert-OH is 1. The molecule has 0 radical (unpaired) electrons. The minimum atomic E-state index is -0.335. The summed E-state index contributed by atoms with van der Waals surface area (Å²) < 4.78 is 5.39. The average molecular weight is 338 g/mol. The van der Waals surface area contributed by atoms with Crippen molar-refractivity contribution in [1.82, 2.24) is 19.8 Å². The normalized spacial score (nSPS) is 27.2. The SMILES string of the molecule is CCSc1ncc(CN2CCCN([C@H]3COC[C@@H]3O)CC2)cn1. The van der Waals surface area contributed by atoms with Crippen LogP contribution in [0.1, 0.15) is 18.9 Å². The summed E-state index contributed by atoms with van der Waals surface area (Å²) in [6.07, 6.45) is 4.68. The molecule has 1 aromatic heterocycles. The van der Waals surface area contributed by atoms with E-state index in [1.165, 1.54) is 5.56 Å². The third-order valence-electron chi connectivity index (χ3n) is 4.47. The molecule has 3 rings (SSSR count). The van der Waals surface area contributed by atoms with Gasteiger partial charge in [0.15, 0.2) is 5.16 Å². The maximum Gasteiger partial charge on any atom is 0.187 e. The van der Waals surface area contributed by atoms with Gasteiger partial charge in [-0.15, -0.1) is 0 Å². The number of aliphatic hydroxyl groups is 1. The third-order valence-corrected chi connectivity index (χ3v) is 5.23. The molecule has 0 amide bonds. The Morgan fingerprint density at radius 1 is 1.22 bits per heavy atom. The number of aromatic nitrogens is 2. The lowest BCUT2D eigenvalue weighted by Gasteiger charge is -2.28. The molecule has 128 valence electrons. The maximum absolute atomic E-state index is 10.0. The second-order valence-corrected chi connectivity index (χ2v) is 7.38. The molecule has 0 unspecified atom stereocenters. The highest BCUT2D eigenvalue weighted by Crippen LogP contribution is 2.17. The summed E-state index contributed by atoms with van der Waals surface area (Å²) >= 11 is 1.67. The number of nitrogens with zero attached hydrogens (tertiary/aromatic N) is 4. The molecular formula is C16H26N4O2S. The first-order valence-corrected chi connectivity index (χ1v) is 9.40. The molecule has 7 heteroatoms. The van der Waals surface area contributed by atoms with Crippen LogP contribution in [0.2, 0.25) is 0 Å². The van der Waals surface area contributed by atoms with Gasteiger partial charge in [0.05, 0.1) is 25.4 Å². The zero-order chi connectivity index (χ0) is 16.1. The van der Waals surface area contributed by atoms with E-state index in [-0.39, 0.29) is 12.1 Å². The third kappa shape index (κ3) is 4.64. The standard InChI is InChI=1S/C16H26N4O2S/c1-2-23-16-17-8-13(9-18-16)10-19-4-3-5-20(7-6-19)14-11-22-12-15(14)21/h8-9,14-15,21H,2-7,10-12H2,1H3/t14-,15-/m0/s1. The lowest BCUT2D eigenvalue weighted by molar-refractivity contribution is 0.0837. The van der Waals surface area contributed by atoms with Crippen LogP contribution < -0.4 is 0 Å². The predicted octanol–water partition coefficient (Wildman–Crippen LogP) is 0.856. The van der Waals surface area contributed by atoms with E-state index in [1.807, 2.05) is 12.4 Å². The molecule has 0 aliphatic carbocycles. The van der Waals surface area contributed by atoms with Gasteiger partial charge in [0.1, 0.15) is 0 Å². The smallest absolute Gasteiger partial charge is 0.187 e. The molecule has 1 N–H and O–H groups in total. The van der Waals surface area contributed by atoms with E-state index in [0.717, 1.165) is 50.1 Å². The van der Waals surface area contributed by atoms with E-state index in [1.54, 1.807) is 11.8 Å². The molecular weight excluding hydrogens is 312 g/mol. The molecule has 2 aliphatic rings. The van der Waals surface area contributed by atoms with E-state index < -0.39 is 0 Å². The minimum Gasteiger partial charge on any atom is -0.389 e. The number of rotatable bonds is 5. The lowest BCUT2D eigenvalue weighted by Crippen LogP contribution is -2.44. The van der Waals surface area contributed by atoms with Crippen LogP contribution in [0.3, 0.4) is 0 Å². The van der Waals surface area contributed by atoms with Crippen molar-refractivity contribution < 1.29 is 9.84 Å². The van der Waals surface area contributed by atoms with Gasteiger partial charge in [-0.25, -0.2) is 9.97 Å². The highest BCUT2D eigenvalue weighted by Gasteiger charge is 2.32. The van der Waals surface area contributed by atoms with Gasteiger partial charge in [-0.05, 0) is 25.3 Å². The van der Waals surface area contributed by atoms with E-state index in [4.69, 9.17) is 4.74 Å². The Labute approximate surface area is 142 Å². The van der Waals surface area contributed by atoms with Crippen molar-refractivity contribution in [2.75, 3.05) is 45.1 Å². The van der Waals surface area contributed by atoms with Gasteiger partial charge in [0, 0.05) is 37.6 Å². The second kappa shape index (κ2) is 8.39. The first-order chi connectivity index (χ1) is 11.3. The van der Waals surface area contributed by atoms with Crippen molar-refractivity contribution in [3.8, 4) is 0 Å². The maximum atomic E-state index is 10.0. The van der Waals surface area contributed by atoms with Crippen LogP contribution in [0.25, 0.3) is 0 Å². The molecule has 0 aromatic carbocycles. The monoisotopic (exact) mass is 338 g/mol. The van der Waals surface area contributed by atoms with Crippen LogP contribution in [-0.4, -0.2) is 82.2 Å². The summed E-state index contributed by atoms with van der Waals surface area (Å²) in [6.45, 7) is 8.24. The van der Waals surface area contributed by atoms with Gasteiger partial charge >= 0.3 is 0 Å². The second-order valence-electron chi connectivity index (χ2n) is 6.14. The molecule has 2 aliphatic heterocycles. The van der Waals surface area contributed by atoms with Crippen molar-refractivity contribution in [1.29, 1.82) is 0 Å². The Balaban J connectivity index is 1.51. The summed E-state index contributed by atoms with van der Waals surface area (Å²) in [5.74, 6) is 0.998. The average Bonchev–Trinajstić information content (AvgIpc) is 2.85. The summed E-state index contributed by atoms with van der Waals surface area (Å²) in [5, 5.41) is 10.9. The topological polar surface area (TPSA) is 61.7 Å². The minimum absolute atomic E-state index is 0.170. The fourth-order valence-corrected chi connectivity index (χ4v) is 3.76. The number of thioether (sulfide) groups is 1. The van der Waals surface area contributed by atoms with Crippen LogP contribution in [0.4, 0.5) is 0 Å². The van der Waals surface area contributed by atoms with Crippen molar-refractivity contribution in [3.63, 3.8) is 0 Å². The van der Waals surface area contributed by atoms with Crippen LogP contribution in [0.5, 0.6) is 0 Å². The molecule has 3 heterocycles. The Hall–Kier alpha value is -0.730. The van der Waals surface area contributed by atoms with E-state index in [0.29, 0.717) is 13.2 Å². The fourth-order valence-electron chi connectivity index (χ4n) is 3.25. The zero-order valence-corrected chi connectivity index (χ0v) is 14.5. The van der Waals surface area contributed by atoms with Crippen molar-refractivity contribution >= 4 is 11.8 Å². The molecule has 23 heavy (non-hydrogen) atoms. The molecule has 2 saturated heterocycles. The molecule has 2 atom stereocenters. The van der Waals surface area contributed by atoms with Gasteiger partial charge < -0.3 is 9.84 Å². The highest BCUT2D eigenvalue weighted by molar-refractivity contribution is 7.99. The van der Waals surface area contributed by atoms with Gasteiger partial charge in [0.2, 0.25) is 0 Å². The largest absolute Gasteiger partial charge is 0.389 e. The molecule has 0 spiro atoms. The quantitative estimate of drug-likeness (QED) is 0.631. The zero-order valence-electron chi connectivity index (χ0n) is 13.7. The number of hydrogen-bond acceptors (Lipinski definition) is 7. The van der Waals surface area contributed by atoms with E-state index >= 15 is 0 Å². The summed E-state index contributed by atoms with van der Waals surface area (Å²) in [4.78, 5) is 13.7. The van der Waals surface area contributed by atoms with Crippen molar-refractivity contribution in [3.05, 3.63) is 18.0 Å². The van der Waals surface area contributed by atoms with Crippen molar-refractivity contribution in [2.24, 2.45) is 0 Å². The molecule has 0 saturated carbocycles. The Kier molecular flexibility index (Phi) is 6.24. The fraction of sp³-hybridized carbons (Fsp3) is 0.750. The Bertz CT molecular complexity index is 487. The van der Waals surface area contributed by atoms with E-state index in [9.17, 15) is 5.11 Å². The summed E-state index contributed by atoms with van der Waals surface area (Å²) in [7, 11) is 0. The number of hydrogen-bond donors (Lipinski definition) is 1. The van der Waals surface area contributed by atoms with Crippen molar-refractivity contribution in [2.45, 2.75) is 37.2 Å². The first-order valence-electron chi connectivity index (χ1n) is 8.42. The molecule has 6 nitrogen and oxygen atoms in total. The lowest BCUT2D eigenvalue weighted by atomic mass is 10.2. The van der Waals surface area contributed by atoms with Gasteiger partial charge in [-0.2, -0.15) is 0 Å². The first kappa shape index (κ1) is 17.1. The summed E-state index contributed by atoms with van der Waals surface area (Å²) in [5.41, 5.74) is 1.17. The molecule has 2 fully saturated rings. The van der Waals surface area contributed by atoms with E-state index in [2.05, 4.69) is 26.7 Å². The van der Waals surface area contributed by atoms with Gasteiger partial charge in [-0.1, -0.05) is 18.7 Å². The van der Waals surface area contributed by atoms with Gasteiger partial charge in [-0.3, -0.25) is 9.80 Å². The van der Waals surface area contributed by atoms with Crippen LogP contribution in [0.15, 0.2) is 17.6 Å². The van der Waals surface area contributed by atoms with Crippen LogP contribution in [-0.2, 0) is 11.3 Å². The Morgan fingerprint density at radius 3 is 2.74 bits per heavy atom. The van der Waals surface area contributed by atoms with Crippen LogP contribution >= 0.6 is 11.8 Å².